The Morgan fingerprint density at radius 2 is 1.57 bits per heavy atom. The first kappa shape index (κ1) is 17.7. The van der Waals surface area contributed by atoms with Crippen LogP contribution in [0, 0.1) is 17.0 Å². The van der Waals surface area contributed by atoms with Crippen molar-refractivity contribution in [3.8, 4) is 11.5 Å². The molecule has 1 aromatic rings. The van der Waals surface area contributed by atoms with Gasteiger partial charge >= 0.3 is 0 Å². The van der Waals surface area contributed by atoms with Crippen LogP contribution in [-0.2, 0) is 0 Å². The summed E-state index contributed by atoms with van der Waals surface area (Å²) in [5, 5.41) is 0. The van der Waals surface area contributed by atoms with Crippen molar-refractivity contribution >= 4 is 0 Å². The van der Waals surface area contributed by atoms with Crippen molar-refractivity contribution in [1.29, 1.82) is 0 Å². The maximum Gasteiger partial charge on any atom is 0.204 e. The molecule has 21 heavy (non-hydrogen) atoms. The highest BCUT2D eigenvalue weighted by Crippen LogP contribution is 2.29. The van der Waals surface area contributed by atoms with Crippen molar-refractivity contribution in [2.24, 2.45) is 5.41 Å². The minimum absolute atomic E-state index is 0.167. The smallest absolute Gasteiger partial charge is 0.204 e. The molecule has 0 spiro atoms. The van der Waals surface area contributed by atoms with Crippen LogP contribution in [0.5, 0.6) is 11.5 Å². The first-order valence-corrected chi connectivity index (χ1v) is 7.12. The third-order valence-electron chi connectivity index (χ3n) is 2.69. The topological polar surface area (TPSA) is 18.5 Å². The third kappa shape index (κ3) is 5.86. The molecule has 0 bridgehead atoms. The van der Waals surface area contributed by atoms with E-state index >= 15 is 0 Å². The van der Waals surface area contributed by atoms with E-state index in [1.54, 1.807) is 0 Å². The summed E-state index contributed by atoms with van der Waals surface area (Å²) in [6, 6.07) is 2.56. The Morgan fingerprint density at radius 3 is 2.05 bits per heavy atom. The molecule has 1 atom stereocenters. The number of hydrogen-bond acceptors (Lipinski definition) is 2. The molecule has 0 radical (unpaired) electrons. The van der Waals surface area contributed by atoms with Crippen LogP contribution < -0.4 is 9.47 Å². The standard InChI is InChI=1S/C16H23F3O2/c1-5-6-11(17)9-20-12-7-8-13(15(19)14(12)18)21-10-16(2,3)4/h7-8,11H,5-6,9-10H2,1-4H3. The molecule has 0 fully saturated rings. The average Bonchev–Trinajstić information content (AvgIpc) is 2.38. The van der Waals surface area contributed by atoms with Gasteiger partial charge in [-0.15, -0.1) is 0 Å². The lowest BCUT2D eigenvalue weighted by molar-refractivity contribution is 0.174. The lowest BCUT2D eigenvalue weighted by Gasteiger charge is -2.19. The SMILES string of the molecule is CCCC(F)COc1ccc(OCC(C)(C)C)c(F)c1F. The number of alkyl halides is 1. The minimum atomic E-state index is -1.19. The van der Waals surface area contributed by atoms with Gasteiger partial charge in [0.1, 0.15) is 12.8 Å². The summed E-state index contributed by atoms with van der Waals surface area (Å²) in [4.78, 5) is 0. The molecule has 0 aromatic heterocycles. The van der Waals surface area contributed by atoms with Crippen LogP contribution in [0.2, 0.25) is 0 Å². The summed E-state index contributed by atoms with van der Waals surface area (Å²) in [6.07, 6.45) is -0.188. The fraction of sp³-hybridized carbons (Fsp3) is 0.625. The van der Waals surface area contributed by atoms with E-state index in [9.17, 15) is 13.2 Å². The lowest BCUT2D eigenvalue weighted by atomic mass is 9.99. The molecule has 0 aliphatic carbocycles. The Morgan fingerprint density at radius 1 is 1.05 bits per heavy atom. The molecule has 0 saturated heterocycles. The molecule has 2 nitrogen and oxygen atoms in total. The van der Waals surface area contributed by atoms with Gasteiger partial charge in [0, 0.05) is 0 Å². The normalized spacial score (nSPS) is 13.1. The summed E-state index contributed by atoms with van der Waals surface area (Å²) >= 11 is 0. The predicted molar refractivity (Wildman–Crippen MR) is 76.6 cm³/mol. The van der Waals surface area contributed by atoms with Gasteiger partial charge in [-0.25, -0.2) is 4.39 Å². The van der Waals surface area contributed by atoms with Crippen LogP contribution >= 0.6 is 0 Å². The molecule has 120 valence electrons. The van der Waals surface area contributed by atoms with E-state index < -0.39 is 17.8 Å². The second-order valence-electron chi connectivity index (χ2n) is 6.24. The van der Waals surface area contributed by atoms with E-state index in [-0.39, 0.29) is 30.1 Å². The Hall–Kier alpha value is -1.39. The Labute approximate surface area is 124 Å². The van der Waals surface area contributed by atoms with Gasteiger partial charge in [-0.05, 0) is 24.0 Å². The van der Waals surface area contributed by atoms with E-state index in [4.69, 9.17) is 9.47 Å². The Kier molecular flexibility index (Phi) is 6.37. The van der Waals surface area contributed by atoms with Crippen LogP contribution in [-0.4, -0.2) is 19.4 Å². The molecule has 0 amide bonds. The second-order valence-corrected chi connectivity index (χ2v) is 6.24. The van der Waals surface area contributed by atoms with Crippen LogP contribution in [0.3, 0.4) is 0 Å². The van der Waals surface area contributed by atoms with E-state index in [0.717, 1.165) is 0 Å². The van der Waals surface area contributed by atoms with Crippen LogP contribution in [0.4, 0.5) is 13.2 Å². The highest BCUT2D eigenvalue weighted by molar-refractivity contribution is 5.35. The van der Waals surface area contributed by atoms with E-state index in [0.29, 0.717) is 12.8 Å². The minimum Gasteiger partial charge on any atom is -0.490 e. The van der Waals surface area contributed by atoms with Crippen molar-refractivity contribution in [3.05, 3.63) is 23.8 Å². The van der Waals surface area contributed by atoms with Crippen LogP contribution in [0.25, 0.3) is 0 Å². The summed E-state index contributed by atoms with van der Waals surface area (Å²) in [5.74, 6) is -2.72. The highest BCUT2D eigenvalue weighted by Gasteiger charge is 2.19. The zero-order valence-electron chi connectivity index (χ0n) is 13.0. The summed E-state index contributed by atoms with van der Waals surface area (Å²) in [6.45, 7) is 7.59. The van der Waals surface area contributed by atoms with Crippen molar-refractivity contribution in [2.45, 2.75) is 46.7 Å². The Balaban J connectivity index is 2.71. The van der Waals surface area contributed by atoms with Crippen molar-refractivity contribution < 1.29 is 22.6 Å². The maximum atomic E-state index is 13.8. The second kappa shape index (κ2) is 7.57. The quantitative estimate of drug-likeness (QED) is 0.713. The molecule has 5 heteroatoms. The molecule has 0 N–H and O–H groups in total. The summed E-state index contributed by atoms with van der Waals surface area (Å²) < 4.78 is 51.2. The third-order valence-corrected chi connectivity index (χ3v) is 2.69. The van der Waals surface area contributed by atoms with Crippen molar-refractivity contribution in [3.63, 3.8) is 0 Å². The van der Waals surface area contributed by atoms with Crippen LogP contribution in [0.1, 0.15) is 40.5 Å². The largest absolute Gasteiger partial charge is 0.490 e. The molecule has 1 aromatic carbocycles. The zero-order chi connectivity index (χ0) is 16.0. The molecular formula is C16H23F3O2. The summed E-state index contributed by atoms with van der Waals surface area (Å²) in [7, 11) is 0. The first-order valence-electron chi connectivity index (χ1n) is 7.12. The molecule has 0 aliphatic heterocycles. The molecule has 0 saturated carbocycles. The van der Waals surface area contributed by atoms with Gasteiger partial charge in [0.2, 0.25) is 11.6 Å². The zero-order valence-corrected chi connectivity index (χ0v) is 13.0. The van der Waals surface area contributed by atoms with Gasteiger partial charge < -0.3 is 9.47 Å². The Bertz CT molecular complexity index is 456. The monoisotopic (exact) mass is 304 g/mol. The van der Waals surface area contributed by atoms with Gasteiger partial charge in [-0.2, -0.15) is 8.78 Å². The predicted octanol–water partition coefficient (Wildman–Crippen LogP) is 4.91. The summed E-state index contributed by atoms with van der Waals surface area (Å²) in [5.41, 5.74) is -0.167. The fourth-order valence-corrected chi connectivity index (χ4v) is 1.61. The van der Waals surface area contributed by atoms with E-state index in [2.05, 4.69) is 0 Å². The highest BCUT2D eigenvalue weighted by atomic mass is 19.2. The molecule has 1 unspecified atom stereocenters. The van der Waals surface area contributed by atoms with E-state index in [1.165, 1.54) is 12.1 Å². The van der Waals surface area contributed by atoms with E-state index in [1.807, 2.05) is 27.7 Å². The average molecular weight is 304 g/mol. The fourth-order valence-electron chi connectivity index (χ4n) is 1.61. The molecule has 0 heterocycles. The first-order chi connectivity index (χ1) is 9.74. The maximum absolute atomic E-state index is 13.8. The van der Waals surface area contributed by atoms with Gasteiger partial charge in [0.05, 0.1) is 6.61 Å². The van der Waals surface area contributed by atoms with Gasteiger partial charge in [0.15, 0.2) is 11.5 Å². The molecule has 1 rings (SSSR count). The van der Waals surface area contributed by atoms with Gasteiger partial charge in [-0.1, -0.05) is 34.1 Å². The molecular weight excluding hydrogens is 281 g/mol. The van der Waals surface area contributed by atoms with Crippen LogP contribution in [0.15, 0.2) is 12.1 Å². The van der Waals surface area contributed by atoms with Crippen molar-refractivity contribution in [1.82, 2.24) is 0 Å². The van der Waals surface area contributed by atoms with Crippen molar-refractivity contribution in [2.75, 3.05) is 13.2 Å². The number of hydrogen-bond donors (Lipinski definition) is 0. The molecule has 0 aliphatic rings. The van der Waals surface area contributed by atoms with Gasteiger partial charge in [-0.3, -0.25) is 0 Å². The van der Waals surface area contributed by atoms with Gasteiger partial charge in [0.25, 0.3) is 0 Å². The number of ether oxygens (including phenoxy) is 2. The number of benzene rings is 1. The lowest BCUT2D eigenvalue weighted by Crippen LogP contribution is -2.18. The number of halogens is 3. The number of rotatable bonds is 7.